The third kappa shape index (κ3) is 5.08. The van der Waals surface area contributed by atoms with Gasteiger partial charge in [-0.15, -0.1) is 10.2 Å². The minimum absolute atomic E-state index is 0.115. The van der Waals surface area contributed by atoms with Crippen molar-refractivity contribution in [2.45, 2.75) is 6.92 Å². The average Bonchev–Trinajstić information content (AvgIpc) is 2.62. The van der Waals surface area contributed by atoms with Crippen molar-refractivity contribution in [2.24, 2.45) is 0 Å². The van der Waals surface area contributed by atoms with Gasteiger partial charge in [0.25, 0.3) is 5.91 Å². The van der Waals surface area contributed by atoms with Crippen molar-refractivity contribution in [3.05, 3.63) is 72.2 Å². The summed E-state index contributed by atoms with van der Waals surface area (Å²) in [6, 6.07) is 15.7. The molecular weight excluding hydrogens is 349 g/mol. The van der Waals surface area contributed by atoms with Crippen LogP contribution in [0.3, 0.4) is 0 Å². The molecule has 0 aliphatic rings. The molecule has 0 radical (unpaired) electrons. The molecule has 1 heterocycles. The van der Waals surface area contributed by atoms with Gasteiger partial charge in [-0.05, 0) is 48.5 Å². The number of amides is 2. The van der Waals surface area contributed by atoms with Crippen LogP contribution >= 0.6 is 0 Å². The molecule has 0 spiro atoms. The van der Waals surface area contributed by atoms with Crippen molar-refractivity contribution < 1.29 is 14.0 Å². The van der Waals surface area contributed by atoms with Gasteiger partial charge in [0, 0.05) is 24.0 Å². The van der Waals surface area contributed by atoms with E-state index in [0.29, 0.717) is 22.9 Å². The van der Waals surface area contributed by atoms with Gasteiger partial charge < -0.3 is 16.0 Å². The first-order valence-corrected chi connectivity index (χ1v) is 8.05. The zero-order chi connectivity index (χ0) is 19.2. The van der Waals surface area contributed by atoms with E-state index in [-0.39, 0.29) is 17.4 Å². The Labute approximate surface area is 154 Å². The van der Waals surface area contributed by atoms with E-state index in [0.717, 1.165) is 0 Å². The molecule has 27 heavy (non-hydrogen) atoms. The first-order chi connectivity index (χ1) is 13.0. The van der Waals surface area contributed by atoms with Crippen LogP contribution in [0.2, 0.25) is 0 Å². The van der Waals surface area contributed by atoms with Crippen molar-refractivity contribution in [1.29, 1.82) is 0 Å². The van der Waals surface area contributed by atoms with Gasteiger partial charge in [0.1, 0.15) is 5.82 Å². The molecule has 8 heteroatoms. The highest BCUT2D eigenvalue weighted by Gasteiger charge is 2.09. The minimum atomic E-state index is -0.445. The maximum atomic E-state index is 13.2. The number of nitrogens with one attached hydrogen (secondary N) is 3. The molecule has 136 valence electrons. The lowest BCUT2D eigenvalue weighted by Gasteiger charge is -2.08. The van der Waals surface area contributed by atoms with Gasteiger partial charge in [0.2, 0.25) is 5.91 Å². The van der Waals surface area contributed by atoms with Gasteiger partial charge in [0.15, 0.2) is 11.5 Å². The molecule has 0 saturated carbocycles. The molecule has 0 aliphatic heterocycles. The SMILES string of the molecule is CC(=O)Nc1cccc(NC(=O)c2ccc(Nc3cccc(F)c3)nn2)c1. The summed E-state index contributed by atoms with van der Waals surface area (Å²) < 4.78 is 13.2. The van der Waals surface area contributed by atoms with Gasteiger partial charge in [-0.1, -0.05) is 12.1 Å². The van der Waals surface area contributed by atoms with E-state index >= 15 is 0 Å². The van der Waals surface area contributed by atoms with Crippen LogP contribution in [0.25, 0.3) is 0 Å². The smallest absolute Gasteiger partial charge is 0.276 e. The Bertz CT molecular complexity index is 976. The second kappa shape index (κ2) is 8.05. The topological polar surface area (TPSA) is 96.0 Å². The van der Waals surface area contributed by atoms with Crippen LogP contribution in [-0.4, -0.2) is 22.0 Å². The van der Waals surface area contributed by atoms with E-state index in [1.807, 2.05) is 0 Å². The van der Waals surface area contributed by atoms with Gasteiger partial charge in [0.05, 0.1) is 0 Å². The summed E-state index contributed by atoms with van der Waals surface area (Å²) >= 11 is 0. The molecule has 7 nitrogen and oxygen atoms in total. The zero-order valence-electron chi connectivity index (χ0n) is 14.4. The number of aromatic nitrogens is 2. The van der Waals surface area contributed by atoms with Crippen LogP contribution in [0.1, 0.15) is 17.4 Å². The highest BCUT2D eigenvalue weighted by molar-refractivity contribution is 6.03. The Morgan fingerprint density at radius 3 is 2.22 bits per heavy atom. The van der Waals surface area contributed by atoms with Gasteiger partial charge in [-0.25, -0.2) is 4.39 Å². The summed E-state index contributed by atoms with van der Waals surface area (Å²) in [6.45, 7) is 1.40. The van der Waals surface area contributed by atoms with Gasteiger partial charge in [-0.3, -0.25) is 9.59 Å². The van der Waals surface area contributed by atoms with Crippen molar-refractivity contribution in [3.63, 3.8) is 0 Å². The number of carbonyl (C=O) groups excluding carboxylic acids is 2. The Kier molecular flexibility index (Phi) is 5.36. The Balaban J connectivity index is 1.66. The third-order valence-corrected chi connectivity index (χ3v) is 3.44. The highest BCUT2D eigenvalue weighted by atomic mass is 19.1. The van der Waals surface area contributed by atoms with Gasteiger partial charge in [-0.2, -0.15) is 0 Å². The summed E-state index contributed by atoms with van der Waals surface area (Å²) in [6.07, 6.45) is 0. The van der Waals surface area contributed by atoms with Crippen LogP contribution in [0, 0.1) is 5.82 Å². The maximum absolute atomic E-state index is 13.2. The first kappa shape index (κ1) is 18.0. The van der Waals surface area contributed by atoms with E-state index in [2.05, 4.69) is 26.1 Å². The summed E-state index contributed by atoms with van der Waals surface area (Å²) in [5.74, 6) is -0.638. The van der Waals surface area contributed by atoms with Crippen LogP contribution in [-0.2, 0) is 4.79 Å². The van der Waals surface area contributed by atoms with E-state index in [1.54, 1.807) is 42.5 Å². The van der Waals surface area contributed by atoms with E-state index in [1.165, 1.54) is 25.1 Å². The normalized spacial score (nSPS) is 10.1. The number of carbonyl (C=O) groups is 2. The molecule has 0 fully saturated rings. The predicted molar refractivity (Wildman–Crippen MR) is 100 cm³/mol. The van der Waals surface area contributed by atoms with E-state index in [9.17, 15) is 14.0 Å². The van der Waals surface area contributed by atoms with Crippen molar-refractivity contribution in [2.75, 3.05) is 16.0 Å². The van der Waals surface area contributed by atoms with Crippen LogP contribution in [0.15, 0.2) is 60.7 Å². The number of nitrogens with zero attached hydrogens (tertiary/aromatic N) is 2. The van der Waals surface area contributed by atoms with Crippen molar-refractivity contribution in [1.82, 2.24) is 10.2 Å². The molecule has 3 aromatic rings. The average molecular weight is 365 g/mol. The van der Waals surface area contributed by atoms with Crippen molar-refractivity contribution in [3.8, 4) is 0 Å². The molecule has 3 rings (SSSR count). The Morgan fingerprint density at radius 1 is 0.852 bits per heavy atom. The molecular formula is C19H16FN5O2. The summed E-state index contributed by atoms with van der Waals surface area (Å²) in [4.78, 5) is 23.4. The fourth-order valence-corrected chi connectivity index (χ4v) is 2.31. The fourth-order valence-electron chi connectivity index (χ4n) is 2.31. The standard InChI is InChI=1S/C19H16FN5O2/c1-12(26)21-15-6-3-7-16(11-15)23-19(27)17-8-9-18(25-24-17)22-14-5-2-4-13(20)10-14/h2-11H,1H3,(H,21,26)(H,22,25)(H,23,27). The number of hydrogen-bond acceptors (Lipinski definition) is 5. The lowest BCUT2D eigenvalue weighted by Crippen LogP contribution is -2.15. The maximum Gasteiger partial charge on any atom is 0.276 e. The molecule has 2 amide bonds. The number of anilines is 4. The molecule has 3 N–H and O–H groups in total. The van der Waals surface area contributed by atoms with Crippen LogP contribution in [0.5, 0.6) is 0 Å². The minimum Gasteiger partial charge on any atom is -0.339 e. The lowest BCUT2D eigenvalue weighted by molar-refractivity contribution is -0.114. The summed E-state index contributed by atoms with van der Waals surface area (Å²) in [5, 5.41) is 16.0. The number of halogens is 1. The van der Waals surface area contributed by atoms with Gasteiger partial charge >= 0.3 is 0 Å². The zero-order valence-corrected chi connectivity index (χ0v) is 14.4. The second-order valence-electron chi connectivity index (χ2n) is 5.66. The van der Waals surface area contributed by atoms with Crippen LogP contribution in [0.4, 0.5) is 27.3 Å². The molecule has 1 aromatic heterocycles. The third-order valence-electron chi connectivity index (χ3n) is 3.44. The number of hydrogen-bond donors (Lipinski definition) is 3. The molecule has 0 unspecified atom stereocenters. The first-order valence-electron chi connectivity index (χ1n) is 8.05. The summed E-state index contributed by atoms with van der Waals surface area (Å²) in [7, 11) is 0. The Morgan fingerprint density at radius 2 is 1.56 bits per heavy atom. The molecule has 0 bridgehead atoms. The molecule has 0 saturated heterocycles. The second-order valence-corrected chi connectivity index (χ2v) is 5.66. The molecule has 2 aromatic carbocycles. The van der Waals surface area contributed by atoms with E-state index in [4.69, 9.17) is 0 Å². The lowest BCUT2D eigenvalue weighted by atomic mass is 10.2. The Hall–Kier alpha value is -3.81. The monoisotopic (exact) mass is 365 g/mol. The fraction of sp³-hybridized carbons (Fsp3) is 0.0526. The van der Waals surface area contributed by atoms with Crippen molar-refractivity contribution >= 4 is 34.7 Å². The summed E-state index contributed by atoms with van der Waals surface area (Å²) in [5.41, 5.74) is 1.72. The predicted octanol–water partition coefficient (Wildman–Crippen LogP) is 3.57. The molecule has 0 atom stereocenters. The number of rotatable bonds is 5. The highest BCUT2D eigenvalue weighted by Crippen LogP contribution is 2.17. The largest absolute Gasteiger partial charge is 0.339 e. The number of benzene rings is 2. The molecule has 0 aliphatic carbocycles. The quantitative estimate of drug-likeness (QED) is 0.642. The van der Waals surface area contributed by atoms with E-state index < -0.39 is 5.91 Å². The van der Waals surface area contributed by atoms with Crippen LogP contribution < -0.4 is 16.0 Å².